The second-order valence-electron chi connectivity index (χ2n) is 4.43. The number of hydrogen-bond acceptors (Lipinski definition) is 2. The van der Waals surface area contributed by atoms with Crippen LogP contribution < -0.4 is 5.32 Å². The van der Waals surface area contributed by atoms with Crippen LogP contribution in [0.15, 0.2) is 0 Å². The molecule has 1 atom stereocenters. The third kappa shape index (κ3) is 3.40. The lowest BCUT2D eigenvalue weighted by Crippen LogP contribution is -2.47. The first-order chi connectivity index (χ1) is 7.54. The van der Waals surface area contributed by atoms with Crippen molar-refractivity contribution in [1.29, 1.82) is 0 Å². The first-order valence-corrected chi connectivity index (χ1v) is 5.79. The lowest BCUT2D eigenvalue weighted by Gasteiger charge is -2.30. The number of rotatable bonds is 5. The van der Waals surface area contributed by atoms with E-state index < -0.39 is 12.0 Å². The van der Waals surface area contributed by atoms with Crippen LogP contribution in [0.4, 0.5) is 4.79 Å². The first-order valence-electron chi connectivity index (χ1n) is 5.79. The van der Waals surface area contributed by atoms with Crippen molar-refractivity contribution in [1.82, 2.24) is 10.2 Å². The third-order valence-electron chi connectivity index (χ3n) is 3.11. The Labute approximate surface area is 95.8 Å². The van der Waals surface area contributed by atoms with Crippen molar-refractivity contribution < 1.29 is 14.7 Å². The summed E-state index contributed by atoms with van der Waals surface area (Å²) in [6.45, 7) is 2.47. The molecule has 0 unspecified atom stereocenters. The molecule has 0 aromatic heterocycles. The summed E-state index contributed by atoms with van der Waals surface area (Å²) in [5, 5.41) is 11.3. The maximum absolute atomic E-state index is 11.6. The van der Waals surface area contributed by atoms with E-state index in [1.807, 2.05) is 0 Å². The number of urea groups is 1. The number of carboxylic acids is 1. The van der Waals surface area contributed by atoms with E-state index in [1.54, 1.807) is 18.9 Å². The van der Waals surface area contributed by atoms with Gasteiger partial charge in [-0.15, -0.1) is 0 Å². The van der Waals surface area contributed by atoms with E-state index in [-0.39, 0.29) is 6.03 Å². The van der Waals surface area contributed by atoms with Crippen molar-refractivity contribution in [2.45, 2.75) is 38.6 Å². The van der Waals surface area contributed by atoms with E-state index in [4.69, 9.17) is 5.11 Å². The van der Waals surface area contributed by atoms with Crippen LogP contribution in [-0.2, 0) is 4.79 Å². The number of carbonyl (C=O) groups excluding carboxylic acids is 1. The molecule has 2 amide bonds. The Morgan fingerprint density at radius 1 is 1.50 bits per heavy atom. The maximum Gasteiger partial charge on any atom is 0.326 e. The summed E-state index contributed by atoms with van der Waals surface area (Å²) in [7, 11) is 1.71. The van der Waals surface area contributed by atoms with Gasteiger partial charge >= 0.3 is 12.0 Å². The zero-order valence-corrected chi connectivity index (χ0v) is 9.90. The van der Waals surface area contributed by atoms with Crippen molar-refractivity contribution >= 4 is 12.0 Å². The van der Waals surface area contributed by atoms with Crippen molar-refractivity contribution in [3.05, 3.63) is 0 Å². The molecule has 1 aliphatic carbocycles. The van der Waals surface area contributed by atoms with Crippen LogP contribution in [0.3, 0.4) is 0 Å². The van der Waals surface area contributed by atoms with E-state index in [1.165, 1.54) is 19.3 Å². The fourth-order valence-electron chi connectivity index (χ4n) is 1.74. The van der Waals surface area contributed by atoms with Gasteiger partial charge in [0.1, 0.15) is 6.04 Å². The molecule has 5 heteroatoms. The summed E-state index contributed by atoms with van der Waals surface area (Å²) in [6, 6.07) is -1.07. The minimum atomic E-state index is -0.979. The van der Waals surface area contributed by atoms with E-state index in [0.717, 1.165) is 6.54 Å². The molecular formula is C11H20N2O3. The molecule has 0 aromatic carbocycles. The van der Waals surface area contributed by atoms with Crippen LogP contribution in [0.5, 0.6) is 0 Å². The normalized spacial score (nSPS) is 17.4. The lowest BCUT2D eigenvalue weighted by molar-refractivity contribution is -0.139. The quantitative estimate of drug-likeness (QED) is 0.745. The van der Waals surface area contributed by atoms with E-state index in [9.17, 15) is 9.59 Å². The van der Waals surface area contributed by atoms with Gasteiger partial charge in [0, 0.05) is 13.6 Å². The Hall–Kier alpha value is -1.26. The van der Waals surface area contributed by atoms with E-state index >= 15 is 0 Å². The molecule has 0 spiro atoms. The summed E-state index contributed by atoms with van der Waals surface area (Å²) in [4.78, 5) is 24.0. The molecule has 1 aliphatic rings. The van der Waals surface area contributed by atoms with Gasteiger partial charge in [-0.1, -0.05) is 13.3 Å². The van der Waals surface area contributed by atoms with Crippen LogP contribution in [0.25, 0.3) is 0 Å². The van der Waals surface area contributed by atoms with Crippen LogP contribution in [0.1, 0.15) is 32.6 Å². The summed E-state index contributed by atoms with van der Waals surface area (Å²) in [6.07, 6.45) is 3.99. The average Bonchev–Trinajstić information content (AvgIpc) is 2.18. The summed E-state index contributed by atoms with van der Waals surface area (Å²) in [5.41, 5.74) is 0. The third-order valence-corrected chi connectivity index (χ3v) is 3.11. The van der Waals surface area contributed by atoms with E-state index in [2.05, 4.69) is 5.32 Å². The van der Waals surface area contributed by atoms with Crippen molar-refractivity contribution in [3.63, 3.8) is 0 Å². The molecule has 0 aromatic rings. The Kier molecular flexibility index (Phi) is 4.58. The highest BCUT2D eigenvalue weighted by molar-refractivity contribution is 5.82. The van der Waals surface area contributed by atoms with Gasteiger partial charge < -0.3 is 15.3 Å². The van der Waals surface area contributed by atoms with Crippen molar-refractivity contribution in [2.75, 3.05) is 13.6 Å². The molecular weight excluding hydrogens is 208 g/mol. The summed E-state index contributed by atoms with van der Waals surface area (Å²) in [5.74, 6) is -0.381. The van der Waals surface area contributed by atoms with Gasteiger partial charge in [-0.05, 0) is 25.2 Å². The van der Waals surface area contributed by atoms with Crippen molar-refractivity contribution in [3.8, 4) is 0 Å². The molecule has 5 nitrogen and oxygen atoms in total. The highest BCUT2D eigenvalue weighted by atomic mass is 16.4. The van der Waals surface area contributed by atoms with Gasteiger partial charge in [0.2, 0.25) is 0 Å². The first kappa shape index (κ1) is 12.8. The van der Waals surface area contributed by atoms with Crippen LogP contribution >= 0.6 is 0 Å². The molecule has 0 bridgehead atoms. The minimum Gasteiger partial charge on any atom is -0.480 e. The van der Waals surface area contributed by atoms with Crippen LogP contribution in [0, 0.1) is 5.92 Å². The number of nitrogens with zero attached hydrogens (tertiary/aromatic N) is 1. The van der Waals surface area contributed by atoms with E-state index in [0.29, 0.717) is 12.3 Å². The predicted molar refractivity (Wildman–Crippen MR) is 60.2 cm³/mol. The number of amides is 2. The molecule has 0 heterocycles. The highest BCUT2D eigenvalue weighted by Gasteiger charge is 2.24. The van der Waals surface area contributed by atoms with Gasteiger partial charge in [0.15, 0.2) is 0 Å². The number of carboxylic acid groups (broad SMARTS) is 1. The number of aliphatic carboxylic acids is 1. The smallest absolute Gasteiger partial charge is 0.326 e. The second-order valence-corrected chi connectivity index (χ2v) is 4.43. The molecule has 0 radical (unpaired) electrons. The number of nitrogens with one attached hydrogen (secondary N) is 1. The molecule has 92 valence electrons. The number of hydrogen-bond donors (Lipinski definition) is 2. The lowest BCUT2D eigenvalue weighted by atomic mass is 9.85. The second kappa shape index (κ2) is 5.72. The zero-order valence-electron chi connectivity index (χ0n) is 9.90. The monoisotopic (exact) mass is 228 g/mol. The average molecular weight is 228 g/mol. The van der Waals surface area contributed by atoms with Gasteiger partial charge in [0.05, 0.1) is 0 Å². The molecule has 1 rings (SSSR count). The van der Waals surface area contributed by atoms with Gasteiger partial charge in [-0.3, -0.25) is 0 Å². The summed E-state index contributed by atoms with van der Waals surface area (Å²) >= 11 is 0. The fourth-order valence-corrected chi connectivity index (χ4v) is 1.74. The Morgan fingerprint density at radius 2 is 2.12 bits per heavy atom. The Balaban J connectivity index is 2.34. The highest BCUT2D eigenvalue weighted by Crippen LogP contribution is 2.26. The predicted octanol–water partition coefficient (Wildman–Crippen LogP) is 1.29. The standard InChI is InChI=1S/C11H20N2O3/c1-3-9(10(14)15)12-11(16)13(2)7-8-5-4-6-8/h8-9H,3-7H2,1-2H3,(H,12,16)(H,14,15)/t9-/m1/s1. The SMILES string of the molecule is CC[C@@H](NC(=O)N(C)CC1CCC1)C(=O)O. The topological polar surface area (TPSA) is 69.6 Å². The van der Waals surface area contributed by atoms with Crippen molar-refractivity contribution in [2.24, 2.45) is 5.92 Å². The minimum absolute atomic E-state index is 0.291. The molecule has 0 saturated heterocycles. The van der Waals surface area contributed by atoms with Crippen LogP contribution in [-0.4, -0.2) is 41.6 Å². The van der Waals surface area contributed by atoms with Gasteiger partial charge in [-0.25, -0.2) is 9.59 Å². The van der Waals surface area contributed by atoms with Gasteiger partial charge in [0.25, 0.3) is 0 Å². The zero-order chi connectivity index (χ0) is 12.1. The summed E-state index contributed by atoms with van der Waals surface area (Å²) < 4.78 is 0. The molecule has 1 saturated carbocycles. The molecule has 2 N–H and O–H groups in total. The maximum atomic E-state index is 11.6. The Morgan fingerprint density at radius 3 is 2.50 bits per heavy atom. The van der Waals surface area contributed by atoms with Gasteiger partial charge in [-0.2, -0.15) is 0 Å². The molecule has 1 fully saturated rings. The molecule has 16 heavy (non-hydrogen) atoms. The number of carbonyl (C=O) groups is 2. The fraction of sp³-hybridized carbons (Fsp3) is 0.818. The van der Waals surface area contributed by atoms with Crippen LogP contribution in [0.2, 0.25) is 0 Å². The molecule has 0 aliphatic heterocycles. The Bertz CT molecular complexity index is 264. The largest absolute Gasteiger partial charge is 0.480 e.